The largest absolute Gasteiger partial charge is 0.384 e. The second-order valence-electron chi connectivity index (χ2n) is 5.42. The SMILES string of the molecule is Nc1cc(CC2CCCCCC2)c2c(n1)N[NH2+]N2. The van der Waals surface area contributed by atoms with Crippen LogP contribution in [-0.4, -0.2) is 4.98 Å². The quantitative estimate of drug-likeness (QED) is 0.471. The second kappa shape index (κ2) is 5.02. The minimum Gasteiger partial charge on any atom is -0.384 e. The van der Waals surface area contributed by atoms with Crippen LogP contribution in [0.3, 0.4) is 0 Å². The highest BCUT2D eigenvalue weighted by Gasteiger charge is 2.22. The Bertz CT molecular complexity index is 424. The van der Waals surface area contributed by atoms with Crippen molar-refractivity contribution < 1.29 is 5.53 Å². The van der Waals surface area contributed by atoms with Crippen LogP contribution in [0.2, 0.25) is 0 Å². The van der Waals surface area contributed by atoms with Gasteiger partial charge in [-0.1, -0.05) is 38.5 Å². The maximum Gasteiger partial charge on any atom is 0.207 e. The van der Waals surface area contributed by atoms with E-state index in [1.807, 2.05) is 11.6 Å². The molecule has 0 saturated heterocycles. The van der Waals surface area contributed by atoms with Crippen LogP contribution in [0.15, 0.2) is 6.07 Å². The predicted octanol–water partition coefficient (Wildman–Crippen LogP) is 1.41. The van der Waals surface area contributed by atoms with E-state index in [1.54, 1.807) is 0 Å². The van der Waals surface area contributed by atoms with Crippen molar-refractivity contribution in [2.24, 2.45) is 5.92 Å². The van der Waals surface area contributed by atoms with Crippen molar-refractivity contribution in [2.45, 2.75) is 44.9 Å². The number of nitrogens with one attached hydrogen (secondary N) is 2. The average molecular weight is 248 g/mol. The van der Waals surface area contributed by atoms with Crippen molar-refractivity contribution in [3.63, 3.8) is 0 Å². The number of nitrogen functional groups attached to an aromatic ring is 3. The normalized spacial score (nSPS) is 19.8. The number of aromatic nitrogens is 1. The first-order chi connectivity index (χ1) is 8.83. The summed E-state index contributed by atoms with van der Waals surface area (Å²) in [4.78, 5) is 4.30. The molecule has 18 heavy (non-hydrogen) atoms. The molecule has 1 aromatic rings. The monoisotopic (exact) mass is 248 g/mol. The van der Waals surface area contributed by atoms with Crippen molar-refractivity contribution in [2.75, 3.05) is 16.6 Å². The Morgan fingerprint density at radius 2 is 2.00 bits per heavy atom. The van der Waals surface area contributed by atoms with E-state index in [9.17, 15) is 0 Å². The summed E-state index contributed by atoms with van der Waals surface area (Å²) < 4.78 is 0. The maximum absolute atomic E-state index is 5.87. The smallest absolute Gasteiger partial charge is 0.207 e. The van der Waals surface area contributed by atoms with Gasteiger partial charge in [-0.25, -0.2) is 10.4 Å². The molecule has 1 aliphatic heterocycles. The molecule has 1 saturated carbocycles. The maximum atomic E-state index is 5.87. The van der Waals surface area contributed by atoms with Gasteiger partial charge in [0.05, 0.1) is 0 Å². The van der Waals surface area contributed by atoms with Crippen LogP contribution in [0, 0.1) is 5.92 Å². The average Bonchev–Trinajstić information content (AvgIpc) is 2.66. The summed E-state index contributed by atoms with van der Waals surface area (Å²) in [6.07, 6.45) is 9.40. The Morgan fingerprint density at radius 1 is 1.22 bits per heavy atom. The van der Waals surface area contributed by atoms with Gasteiger partial charge in [-0.15, -0.1) is 5.53 Å². The van der Waals surface area contributed by atoms with Gasteiger partial charge in [0, 0.05) is 0 Å². The minimum atomic E-state index is 0.613. The molecule has 1 aromatic heterocycles. The van der Waals surface area contributed by atoms with E-state index in [1.165, 1.54) is 44.1 Å². The Hall–Kier alpha value is -1.49. The van der Waals surface area contributed by atoms with Gasteiger partial charge in [0.25, 0.3) is 0 Å². The number of hydrogen-bond acceptors (Lipinski definition) is 4. The zero-order valence-corrected chi connectivity index (χ0v) is 10.7. The third-order valence-electron chi connectivity index (χ3n) is 4.03. The van der Waals surface area contributed by atoms with Crippen LogP contribution in [0.1, 0.15) is 44.1 Å². The highest BCUT2D eigenvalue weighted by Crippen LogP contribution is 2.32. The number of nitrogens with zero attached hydrogens (tertiary/aromatic N) is 1. The van der Waals surface area contributed by atoms with E-state index in [-0.39, 0.29) is 0 Å². The third-order valence-corrected chi connectivity index (χ3v) is 4.03. The zero-order chi connectivity index (χ0) is 12.4. The summed E-state index contributed by atoms with van der Waals surface area (Å²) in [7, 11) is 0. The van der Waals surface area contributed by atoms with Crippen LogP contribution >= 0.6 is 0 Å². The molecule has 0 bridgehead atoms. The fourth-order valence-corrected chi connectivity index (χ4v) is 3.10. The molecule has 2 aliphatic rings. The standard InChI is InChI=1S/C13H21N5/c14-11-8-10(12-13(15-11)17-18-16-12)7-9-5-3-1-2-4-6-9/h8-9,16,18H,1-7H2,(H3,14,15,17)/p+1. The number of hydrogen-bond donors (Lipinski definition) is 4. The van der Waals surface area contributed by atoms with Crippen LogP contribution in [-0.2, 0) is 6.42 Å². The molecule has 2 heterocycles. The Morgan fingerprint density at radius 3 is 2.78 bits per heavy atom. The van der Waals surface area contributed by atoms with E-state index in [0.29, 0.717) is 5.82 Å². The van der Waals surface area contributed by atoms with Crippen molar-refractivity contribution in [1.82, 2.24) is 4.98 Å². The van der Waals surface area contributed by atoms with Gasteiger partial charge in [0.1, 0.15) is 11.5 Å². The minimum absolute atomic E-state index is 0.613. The molecular formula is C13H22N5+. The molecular weight excluding hydrogens is 226 g/mol. The predicted molar refractivity (Wildman–Crippen MR) is 72.7 cm³/mol. The zero-order valence-electron chi connectivity index (χ0n) is 10.7. The summed E-state index contributed by atoms with van der Waals surface area (Å²) in [5, 5.41) is 0. The molecule has 0 unspecified atom stereocenters. The van der Waals surface area contributed by atoms with E-state index in [2.05, 4.69) is 15.8 Å². The topological polar surface area (TPSA) is 79.6 Å². The van der Waals surface area contributed by atoms with E-state index in [4.69, 9.17) is 5.73 Å². The molecule has 5 nitrogen and oxygen atoms in total. The Balaban J connectivity index is 1.79. The molecule has 3 rings (SSSR count). The molecule has 98 valence electrons. The fourth-order valence-electron chi connectivity index (χ4n) is 3.10. The van der Waals surface area contributed by atoms with Gasteiger partial charge in [-0.05, 0) is 24.0 Å². The van der Waals surface area contributed by atoms with Gasteiger partial charge in [0.2, 0.25) is 5.82 Å². The van der Waals surface area contributed by atoms with Gasteiger partial charge in [-0.3, -0.25) is 0 Å². The molecule has 0 amide bonds. The molecule has 6 N–H and O–H groups in total. The highest BCUT2D eigenvalue weighted by molar-refractivity contribution is 5.71. The summed E-state index contributed by atoms with van der Waals surface area (Å²) in [6, 6.07) is 2.03. The van der Waals surface area contributed by atoms with Crippen LogP contribution in [0.25, 0.3) is 0 Å². The summed E-state index contributed by atoms with van der Waals surface area (Å²) in [6.45, 7) is 0. The first-order valence-electron chi connectivity index (χ1n) is 6.97. The summed E-state index contributed by atoms with van der Waals surface area (Å²) in [5.41, 5.74) is 16.5. The lowest BCUT2D eigenvalue weighted by Crippen LogP contribution is -2.89. The number of anilines is 3. The van der Waals surface area contributed by atoms with Crippen molar-refractivity contribution in [3.8, 4) is 0 Å². The van der Waals surface area contributed by atoms with E-state index < -0.39 is 0 Å². The summed E-state index contributed by atoms with van der Waals surface area (Å²) in [5.74, 6) is 2.29. The number of fused-ring (bicyclic) bond motifs is 1. The number of nitrogens with two attached hydrogens (primary N) is 2. The van der Waals surface area contributed by atoms with Gasteiger partial charge >= 0.3 is 0 Å². The van der Waals surface area contributed by atoms with Crippen molar-refractivity contribution >= 4 is 17.3 Å². The molecule has 0 aromatic carbocycles. The molecule has 5 heteroatoms. The Kier molecular flexibility index (Phi) is 3.23. The Labute approximate surface area is 107 Å². The lowest BCUT2D eigenvalue weighted by atomic mass is 9.92. The lowest BCUT2D eigenvalue weighted by molar-refractivity contribution is -0.588. The fraction of sp³-hybridized carbons (Fsp3) is 0.615. The van der Waals surface area contributed by atoms with Crippen LogP contribution in [0.5, 0.6) is 0 Å². The van der Waals surface area contributed by atoms with Crippen LogP contribution < -0.4 is 22.1 Å². The summed E-state index contributed by atoms with van der Waals surface area (Å²) >= 11 is 0. The molecule has 1 fully saturated rings. The number of quaternary nitrogens is 1. The van der Waals surface area contributed by atoms with E-state index in [0.717, 1.165) is 23.8 Å². The van der Waals surface area contributed by atoms with Crippen molar-refractivity contribution in [1.29, 1.82) is 0 Å². The molecule has 0 atom stereocenters. The molecule has 1 aliphatic carbocycles. The van der Waals surface area contributed by atoms with Crippen LogP contribution in [0.4, 0.5) is 17.3 Å². The molecule has 0 spiro atoms. The van der Waals surface area contributed by atoms with Gasteiger partial charge in [-0.2, -0.15) is 5.43 Å². The van der Waals surface area contributed by atoms with Crippen molar-refractivity contribution in [3.05, 3.63) is 11.6 Å². The first kappa shape index (κ1) is 11.6. The van der Waals surface area contributed by atoms with E-state index >= 15 is 0 Å². The van der Waals surface area contributed by atoms with Gasteiger partial charge in [0.15, 0.2) is 0 Å². The first-order valence-corrected chi connectivity index (χ1v) is 6.97. The second-order valence-corrected chi connectivity index (χ2v) is 5.42. The lowest BCUT2D eigenvalue weighted by Gasteiger charge is -2.15. The third kappa shape index (κ3) is 2.36. The highest BCUT2D eigenvalue weighted by atomic mass is 15.6. The number of rotatable bonds is 2. The molecule has 0 radical (unpaired) electrons. The number of pyridine rings is 1. The van der Waals surface area contributed by atoms with Gasteiger partial charge < -0.3 is 5.73 Å².